The van der Waals surface area contributed by atoms with Crippen LogP contribution in [0.3, 0.4) is 0 Å². The van der Waals surface area contributed by atoms with Crippen molar-refractivity contribution >= 4 is 23.1 Å². The van der Waals surface area contributed by atoms with Crippen molar-refractivity contribution in [2.24, 2.45) is 5.92 Å². The highest BCUT2D eigenvalue weighted by Gasteiger charge is 2.13. The minimum atomic E-state index is 0.852. The fraction of sp³-hybridized carbons (Fsp3) is 0.467. The van der Waals surface area contributed by atoms with E-state index in [1.807, 2.05) is 24.4 Å². The van der Waals surface area contributed by atoms with Gasteiger partial charge in [-0.25, -0.2) is 4.98 Å². The van der Waals surface area contributed by atoms with Crippen molar-refractivity contribution in [3.8, 4) is 10.7 Å². The molecule has 3 heterocycles. The maximum absolute atomic E-state index is 4.65. The number of rotatable bonds is 5. The van der Waals surface area contributed by atoms with Gasteiger partial charge in [0.2, 0.25) is 0 Å². The Morgan fingerprint density at radius 2 is 2.15 bits per heavy atom. The van der Waals surface area contributed by atoms with E-state index in [0.717, 1.165) is 35.4 Å². The van der Waals surface area contributed by atoms with Gasteiger partial charge >= 0.3 is 0 Å². The average molecular weight is 305 g/mol. The van der Waals surface area contributed by atoms with Gasteiger partial charge in [0.15, 0.2) is 0 Å². The van der Waals surface area contributed by atoms with Gasteiger partial charge in [-0.15, -0.1) is 11.3 Å². The number of nitrogens with zero attached hydrogens (tertiary/aromatic N) is 2. The van der Waals surface area contributed by atoms with Crippen LogP contribution in [0.5, 0.6) is 0 Å². The zero-order valence-corrected chi connectivity index (χ0v) is 13.1. The molecule has 2 aromatic rings. The predicted octanol–water partition coefficient (Wildman–Crippen LogP) is 3.44. The smallest absolute Gasteiger partial charge is 0.142 e. The molecule has 1 N–H and O–H groups in total. The summed E-state index contributed by atoms with van der Waals surface area (Å²) in [4.78, 5) is 8.99. The molecule has 1 fully saturated rings. The van der Waals surface area contributed by atoms with Crippen molar-refractivity contribution in [3.05, 3.63) is 35.5 Å². The normalized spacial score (nSPS) is 16.4. The van der Waals surface area contributed by atoms with Crippen LogP contribution in [0.4, 0.5) is 0 Å². The van der Waals surface area contributed by atoms with Crippen LogP contribution in [0, 0.1) is 5.92 Å². The van der Waals surface area contributed by atoms with Crippen molar-refractivity contribution in [1.82, 2.24) is 15.3 Å². The van der Waals surface area contributed by atoms with Crippen LogP contribution in [-0.2, 0) is 6.54 Å². The van der Waals surface area contributed by atoms with Gasteiger partial charge < -0.3 is 5.32 Å². The van der Waals surface area contributed by atoms with Gasteiger partial charge in [0.25, 0.3) is 0 Å². The van der Waals surface area contributed by atoms with Crippen LogP contribution in [-0.4, -0.2) is 28.0 Å². The third-order valence-electron chi connectivity index (χ3n) is 3.52. The predicted molar refractivity (Wildman–Crippen MR) is 87.1 cm³/mol. The molecule has 0 atom stereocenters. The van der Waals surface area contributed by atoms with Crippen molar-refractivity contribution in [3.63, 3.8) is 0 Å². The highest BCUT2D eigenvalue weighted by Crippen LogP contribution is 2.23. The zero-order valence-electron chi connectivity index (χ0n) is 11.4. The van der Waals surface area contributed by atoms with Gasteiger partial charge in [0.1, 0.15) is 5.01 Å². The van der Waals surface area contributed by atoms with Crippen LogP contribution in [0.1, 0.15) is 18.5 Å². The first-order valence-electron chi connectivity index (χ1n) is 7.06. The van der Waals surface area contributed by atoms with E-state index in [4.69, 9.17) is 0 Å². The van der Waals surface area contributed by atoms with E-state index in [-0.39, 0.29) is 0 Å². The second-order valence-electron chi connectivity index (χ2n) is 5.05. The molecule has 1 aliphatic rings. The second kappa shape index (κ2) is 7.20. The van der Waals surface area contributed by atoms with Gasteiger partial charge in [0, 0.05) is 18.1 Å². The first-order valence-corrected chi connectivity index (χ1v) is 9.09. The number of hydrogen-bond donors (Lipinski definition) is 1. The lowest BCUT2D eigenvalue weighted by molar-refractivity contribution is 0.446. The molecular weight excluding hydrogens is 286 g/mol. The molecular formula is C15H19N3S2. The van der Waals surface area contributed by atoms with Gasteiger partial charge in [0.05, 0.1) is 11.4 Å². The summed E-state index contributed by atoms with van der Waals surface area (Å²) in [6.45, 7) is 1.99. The van der Waals surface area contributed by atoms with E-state index in [1.165, 1.54) is 24.3 Å². The molecule has 3 nitrogen and oxygen atoms in total. The third kappa shape index (κ3) is 3.81. The summed E-state index contributed by atoms with van der Waals surface area (Å²) in [5.41, 5.74) is 2.09. The number of nitrogens with one attached hydrogen (secondary N) is 1. The molecule has 0 spiro atoms. The lowest BCUT2D eigenvalue weighted by Crippen LogP contribution is -2.25. The molecule has 0 saturated carbocycles. The maximum Gasteiger partial charge on any atom is 0.142 e. The van der Waals surface area contributed by atoms with Crippen LogP contribution in [0.25, 0.3) is 10.7 Å². The molecule has 0 aliphatic carbocycles. The molecule has 0 radical (unpaired) electrons. The Morgan fingerprint density at radius 3 is 2.95 bits per heavy atom. The standard InChI is InChI=1S/C15H19N3S2/c1-2-6-17-14(3-1)15-18-13(11-20-15)10-16-9-12-4-7-19-8-5-12/h1-3,6,11-12,16H,4-5,7-10H2. The average Bonchev–Trinajstić information content (AvgIpc) is 2.98. The molecule has 0 unspecified atom stereocenters. The first-order chi connectivity index (χ1) is 9.92. The number of hydrogen-bond acceptors (Lipinski definition) is 5. The van der Waals surface area contributed by atoms with Gasteiger partial charge in [-0.05, 0) is 48.9 Å². The minimum Gasteiger partial charge on any atom is -0.311 e. The molecule has 5 heteroatoms. The lowest BCUT2D eigenvalue weighted by atomic mass is 10.0. The largest absolute Gasteiger partial charge is 0.311 e. The zero-order chi connectivity index (χ0) is 13.6. The Balaban J connectivity index is 1.50. The summed E-state index contributed by atoms with van der Waals surface area (Å²) in [6.07, 6.45) is 4.53. The molecule has 2 aromatic heterocycles. The fourth-order valence-corrected chi connectivity index (χ4v) is 4.35. The summed E-state index contributed by atoms with van der Waals surface area (Å²) in [7, 11) is 0. The van der Waals surface area contributed by atoms with E-state index >= 15 is 0 Å². The summed E-state index contributed by atoms with van der Waals surface area (Å²) in [6, 6.07) is 5.94. The summed E-state index contributed by atoms with van der Waals surface area (Å²) >= 11 is 3.76. The van der Waals surface area contributed by atoms with Crippen LogP contribution in [0.2, 0.25) is 0 Å². The number of thiazole rings is 1. The Bertz CT molecular complexity index is 521. The molecule has 3 rings (SSSR count). The Hall–Kier alpha value is -0.910. The fourth-order valence-electron chi connectivity index (χ4n) is 2.35. The number of aromatic nitrogens is 2. The van der Waals surface area contributed by atoms with Crippen molar-refractivity contribution in [1.29, 1.82) is 0 Å². The van der Waals surface area contributed by atoms with E-state index < -0.39 is 0 Å². The van der Waals surface area contributed by atoms with Crippen molar-refractivity contribution in [2.75, 3.05) is 18.1 Å². The quantitative estimate of drug-likeness (QED) is 0.918. The van der Waals surface area contributed by atoms with E-state index in [1.54, 1.807) is 11.3 Å². The highest BCUT2D eigenvalue weighted by molar-refractivity contribution is 7.99. The highest BCUT2D eigenvalue weighted by atomic mass is 32.2. The van der Waals surface area contributed by atoms with Crippen LogP contribution in [0.15, 0.2) is 29.8 Å². The Morgan fingerprint density at radius 1 is 1.25 bits per heavy atom. The summed E-state index contributed by atoms with van der Waals surface area (Å²) < 4.78 is 0. The molecule has 0 bridgehead atoms. The van der Waals surface area contributed by atoms with Crippen molar-refractivity contribution in [2.45, 2.75) is 19.4 Å². The molecule has 1 aliphatic heterocycles. The van der Waals surface area contributed by atoms with Gasteiger partial charge in [-0.3, -0.25) is 4.98 Å². The molecule has 106 valence electrons. The van der Waals surface area contributed by atoms with Crippen LogP contribution < -0.4 is 5.32 Å². The third-order valence-corrected chi connectivity index (χ3v) is 5.48. The Labute approximate surface area is 128 Å². The second-order valence-corrected chi connectivity index (χ2v) is 7.13. The molecule has 0 aromatic carbocycles. The minimum absolute atomic E-state index is 0.852. The van der Waals surface area contributed by atoms with Crippen LogP contribution >= 0.6 is 23.1 Å². The van der Waals surface area contributed by atoms with Gasteiger partial charge in [-0.2, -0.15) is 11.8 Å². The summed E-state index contributed by atoms with van der Waals surface area (Å²) in [5, 5.41) is 6.69. The van der Waals surface area contributed by atoms with E-state index in [2.05, 4.69) is 32.4 Å². The monoisotopic (exact) mass is 305 g/mol. The van der Waals surface area contributed by atoms with Gasteiger partial charge in [-0.1, -0.05) is 6.07 Å². The SMILES string of the molecule is c1ccc(-c2nc(CNCC3CCSCC3)cs2)nc1. The van der Waals surface area contributed by atoms with E-state index in [0.29, 0.717) is 0 Å². The summed E-state index contributed by atoms with van der Waals surface area (Å²) in [5.74, 6) is 3.50. The topological polar surface area (TPSA) is 37.8 Å². The Kier molecular flexibility index (Phi) is 5.06. The van der Waals surface area contributed by atoms with Crippen molar-refractivity contribution < 1.29 is 0 Å². The number of thioether (sulfide) groups is 1. The van der Waals surface area contributed by atoms with E-state index in [9.17, 15) is 0 Å². The lowest BCUT2D eigenvalue weighted by Gasteiger charge is -2.21. The number of pyridine rings is 1. The molecule has 0 amide bonds. The molecule has 20 heavy (non-hydrogen) atoms. The maximum atomic E-state index is 4.65. The first kappa shape index (κ1) is 14.0. The molecule has 1 saturated heterocycles.